The van der Waals surface area contributed by atoms with Crippen LogP contribution in [0.25, 0.3) is 10.9 Å². The number of hydrogen-bond acceptors (Lipinski definition) is 4. The van der Waals surface area contributed by atoms with E-state index in [1.54, 1.807) is 11.9 Å². The van der Waals surface area contributed by atoms with E-state index in [0.717, 1.165) is 23.4 Å². The van der Waals surface area contributed by atoms with Gasteiger partial charge in [0.1, 0.15) is 0 Å². The maximum atomic E-state index is 11.8. The predicted molar refractivity (Wildman–Crippen MR) is 78.6 cm³/mol. The van der Waals surface area contributed by atoms with Gasteiger partial charge in [0, 0.05) is 18.6 Å². The van der Waals surface area contributed by atoms with Crippen LogP contribution in [0.2, 0.25) is 0 Å². The number of methoxy groups -OCH3 is 1. The highest BCUT2D eigenvalue weighted by molar-refractivity contribution is 7.99. The maximum absolute atomic E-state index is 11.8. The lowest BCUT2D eigenvalue weighted by Crippen LogP contribution is -2.16. The number of carbonyl (C=O) groups excluding carboxylic acids is 1. The quantitative estimate of drug-likeness (QED) is 0.624. The first-order valence-electron chi connectivity index (χ1n) is 6.26. The van der Waals surface area contributed by atoms with E-state index in [0.29, 0.717) is 5.56 Å². The van der Waals surface area contributed by atoms with Crippen molar-refractivity contribution in [2.45, 2.75) is 19.2 Å². The molecule has 1 aromatic carbocycles. The predicted octanol–water partition coefficient (Wildman–Crippen LogP) is 3.05. The summed E-state index contributed by atoms with van der Waals surface area (Å²) in [5.74, 6) is 0.634. The monoisotopic (exact) mass is 276 g/mol. The Labute approximate surface area is 116 Å². The van der Waals surface area contributed by atoms with Crippen LogP contribution in [0.1, 0.15) is 22.8 Å². The zero-order valence-electron chi connectivity index (χ0n) is 11.3. The van der Waals surface area contributed by atoms with E-state index in [9.17, 15) is 4.79 Å². The van der Waals surface area contributed by atoms with E-state index in [2.05, 4.69) is 22.0 Å². The molecule has 1 aromatic heterocycles. The highest BCUT2D eigenvalue weighted by Gasteiger charge is 2.22. The van der Waals surface area contributed by atoms with Gasteiger partial charge in [-0.1, -0.05) is 6.92 Å². The molecule has 0 spiro atoms. The summed E-state index contributed by atoms with van der Waals surface area (Å²) in [4.78, 5) is 11.8. The van der Waals surface area contributed by atoms with Crippen molar-refractivity contribution in [2.24, 2.45) is 0 Å². The standard InChI is InChI=1S/C14H16N2O2S/c1-4-9-7-16-8-19-15(2)12-6-10(14(17)18-3)5-11(9)13(12)16/h5-7H,4,8H2,1-3H3. The fourth-order valence-corrected chi connectivity index (χ4v) is 3.35. The van der Waals surface area contributed by atoms with Crippen LogP contribution < -0.4 is 4.31 Å². The molecule has 1 aliphatic heterocycles. The first-order valence-corrected chi connectivity index (χ1v) is 7.20. The van der Waals surface area contributed by atoms with Crippen LogP contribution in [-0.4, -0.2) is 24.7 Å². The summed E-state index contributed by atoms with van der Waals surface area (Å²) in [5.41, 5.74) is 4.18. The smallest absolute Gasteiger partial charge is 0.337 e. The van der Waals surface area contributed by atoms with Gasteiger partial charge in [-0.05, 0) is 36.1 Å². The average molecular weight is 276 g/mol. The second-order valence-electron chi connectivity index (χ2n) is 4.62. The third-order valence-corrected chi connectivity index (χ3v) is 4.54. The van der Waals surface area contributed by atoms with Crippen molar-refractivity contribution in [3.63, 3.8) is 0 Å². The summed E-state index contributed by atoms with van der Waals surface area (Å²) >= 11 is 1.73. The Morgan fingerprint density at radius 3 is 2.95 bits per heavy atom. The molecule has 4 nitrogen and oxygen atoms in total. The fourth-order valence-electron chi connectivity index (χ4n) is 2.57. The van der Waals surface area contributed by atoms with E-state index in [1.807, 2.05) is 19.2 Å². The molecule has 0 fully saturated rings. The van der Waals surface area contributed by atoms with Gasteiger partial charge in [0.2, 0.25) is 0 Å². The van der Waals surface area contributed by atoms with Crippen molar-refractivity contribution in [3.05, 3.63) is 29.5 Å². The van der Waals surface area contributed by atoms with Gasteiger partial charge in [0.25, 0.3) is 0 Å². The lowest BCUT2D eigenvalue weighted by molar-refractivity contribution is 0.0601. The minimum absolute atomic E-state index is 0.281. The Morgan fingerprint density at radius 1 is 1.47 bits per heavy atom. The number of rotatable bonds is 2. The first kappa shape index (κ1) is 12.4. The Kier molecular flexibility index (Phi) is 2.93. The van der Waals surface area contributed by atoms with E-state index >= 15 is 0 Å². The molecule has 100 valence electrons. The lowest BCUT2D eigenvalue weighted by atomic mass is 10.1. The molecule has 19 heavy (non-hydrogen) atoms. The maximum Gasteiger partial charge on any atom is 0.337 e. The van der Waals surface area contributed by atoms with E-state index in [-0.39, 0.29) is 5.97 Å². The molecule has 0 radical (unpaired) electrons. The Bertz CT molecular complexity index is 663. The molecule has 0 unspecified atom stereocenters. The number of nitrogens with zero attached hydrogens (tertiary/aromatic N) is 2. The molecule has 2 heterocycles. The van der Waals surface area contributed by atoms with Gasteiger partial charge < -0.3 is 13.6 Å². The van der Waals surface area contributed by atoms with Gasteiger partial charge in [-0.25, -0.2) is 4.79 Å². The number of carbonyl (C=O) groups is 1. The summed E-state index contributed by atoms with van der Waals surface area (Å²) in [5, 5.41) is 1.16. The zero-order valence-corrected chi connectivity index (χ0v) is 12.1. The van der Waals surface area contributed by atoms with E-state index in [1.165, 1.54) is 18.2 Å². The van der Waals surface area contributed by atoms with Gasteiger partial charge >= 0.3 is 5.97 Å². The molecule has 0 saturated carbocycles. The van der Waals surface area contributed by atoms with Crippen molar-refractivity contribution >= 4 is 34.5 Å². The normalized spacial score (nSPS) is 13.9. The largest absolute Gasteiger partial charge is 0.465 e. The number of ether oxygens (including phenoxy) is 1. The molecular formula is C14H16N2O2S. The highest BCUT2D eigenvalue weighted by atomic mass is 32.2. The number of aryl methyl sites for hydroxylation is 1. The van der Waals surface area contributed by atoms with Crippen LogP contribution in [0.3, 0.4) is 0 Å². The molecule has 5 heteroatoms. The number of anilines is 1. The summed E-state index contributed by atoms with van der Waals surface area (Å²) < 4.78 is 9.23. The van der Waals surface area contributed by atoms with Gasteiger partial charge in [-0.15, -0.1) is 0 Å². The van der Waals surface area contributed by atoms with Crippen molar-refractivity contribution in [1.82, 2.24) is 4.57 Å². The van der Waals surface area contributed by atoms with E-state index in [4.69, 9.17) is 4.74 Å². The Hall–Kier alpha value is -1.62. The summed E-state index contributed by atoms with van der Waals surface area (Å²) in [7, 11) is 3.45. The molecule has 0 bridgehead atoms. The second-order valence-corrected chi connectivity index (χ2v) is 5.68. The molecule has 0 atom stereocenters. The van der Waals surface area contributed by atoms with Gasteiger partial charge in [-0.3, -0.25) is 0 Å². The molecule has 3 rings (SSSR count). The SMILES string of the molecule is CCc1cn2c3c(cc(C(=O)OC)cc13)N(C)SC2. The molecule has 0 amide bonds. The Balaban J connectivity index is 2.33. The highest BCUT2D eigenvalue weighted by Crippen LogP contribution is 2.39. The van der Waals surface area contributed by atoms with Gasteiger partial charge in [0.15, 0.2) is 0 Å². The van der Waals surface area contributed by atoms with Crippen molar-refractivity contribution in [3.8, 4) is 0 Å². The molecule has 2 aromatic rings. The molecule has 1 aliphatic rings. The third-order valence-electron chi connectivity index (χ3n) is 3.57. The van der Waals surface area contributed by atoms with Crippen molar-refractivity contribution < 1.29 is 9.53 Å². The minimum Gasteiger partial charge on any atom is -0.465 e. The molecule has 0 saturated heterocycles. The van der Waals surface area contributed by atoms with Crippen molar-refractivity contribution in [2.75, 3.05) is 18.5 Å². The van der Waals surface area contributed by atoms with E-state index < -0.39 is 0 Å². The van der Waals surface area contributed by atoms with Crippen LogP contribution >= 0.6 is 11.9 Å². The summed E-state index contributed by atoms with van der Waals surface area (Å²) in [6.07, 6.45) is 3.15. The van der Waals surface area contributed by atoms with Crippen molar-refractivity contribution in [1.29, 1.82) is 0 Å². The lowest BCUT2D eigenvalue weighted by Gasteiger charge is -2.25. The number of benzene rings is 1. The molecule has 0 aliphatic carbocycles. The summed E-state index contributed by atoms with van der Waals surface area (Å²) in [6.45, 7) is 2.14. The third kappa shape index (κ3) is 1.80. The van der Waals surface area contributed by atoms with Crippen LogP contribution in [0, 0.1) is 0 Å². The minimum atomic E-state index is -0.281. The van der Waals surface area contributed by atoms with Crippen LogP contribution in [-0.2, 0) is 17.0 Å². The van der Waals surface area contributed by atoms with Gasteiger partial charge in [-0.2, -0.15) is 0 Å². The topological polar surface area (TPSA) is 34.5 Å². The number of aromatic nitrogens is 1. The van der Waals surface area contributed by atoms with Crippen LogP contribution in [0.5, 0.6) is 0 Å². The second kappa shape index (κ2) is 4.49. The fraction of sp³-hybridized carbons (Fsp3) is 0.357. The summed E-state index contributed by atoms with van der Waals surface area (Å²) in [6, 6.07) is 3.86. The molecular weight excluding hydrogens is 260 g/mol. The first-order chi connectivity index (χ1) is 9.15. The number of hydrogen-bond donors (Lipinski definition) is 0. The zero-order chi connectivity index (χ0) is 13.6. The van der Waals surface area contributed by atoms with Gasteiger partial charge in [0.05, 0.1) is 29.8 Å². The van der Waals surface area contributed by atoms with Crippen LogP contribution in [0.4, 0.5) is 5.69 Å². The average Bonchev–Trinajstić information content (AvgIpc) is 2.80. The Morgan fingerprint density at radius 2 is 2.26 bits per heavy atom. The van der Waals surface area contributed by atoms with Crippen LogP contribution in [0.15, 0.2) is 18.3 Å². The molecule has 0 N–H and O–H groups in total. The number of esters is 1.